The zero-order valence-electron chi connectivity index (χ0n) is 36.3. The third kappa shape index (κ3) is 10.7. The van der Waals surface area contributed by atoms with Gasteiger partial charge in [0, 0.05) is 11.8 Å². The fourth-order valence-electron chi connectivity index (χ4n) is 8.58. The van der Waals surface area contributed by atoms with Gasteiger partial charge in [0.2, 0.25) is 0 Å². The lowest BCUT2D eigenvalue weighted by atomic mass is 9.67. The molecule has 0 aliphatic heterocycles. The number of allylic oxidation sites excluding steroid dienone is 2. The number of unbranched alkanes of at least 4 members (excludes halogenated alkanes) is 12. The monoisotopic (exact) mass is 816 g/mol. The van der Waals surface area contributed by atoms with E-state index in [1.807, 2.05) is 0 Å². The maximum atomic E-state index is 13.6. The first-order valence-corrected chi connectivity index (χ1v) is 22.9. The molecule has 8 heteroatoms. The minimum Gasteiger partial charge on any atom is -0.462 e. The van der Waals surface area contributed by atoms with Gasteiger partial charge in [0.25, 0.3) is 0 Å². The molecule has 4 aromatic carbocycles. The smallest absolute Gasteiger partial charge is 0.339 e. The van der Waals surface area contributed by atoms with Crippen LogP contribution in [0.5, 0.6) is 0 Å². The first-order valence-electron chi connectivity index (χ1n) is 22.9. The Hall–Kier alpha value is -4.98. The molecule has 0 fully saturated rings. The molecule has 0 atom stereocenters. The van der Waals surface area contributed by atoms with E-state index in [0.29, 0.717) is 26.4 Å². The van der Waals surface area contributed by atoms with Gasteiger partial charge < -0.3 is 18.9 Å². The molecule has 0 saturated carbocycles. The Bertz CT molecular complexity index is 1880. The Morgan fingerprint density at radius 1 is 0.350 bits per heavy atom. The van der Waals surface area contributed by atoms with Gasteiger partial charge in [-0.15, -0.1) is 0 Å². The number of fused-ring (bicyclic) bond motifs is 2. The Morgan fingerprint density at radius 2 is 0.583 bits per heavy atom. The molecular formula is C52H64O8. The molecule has 0 radical (unpaired) electrons. The van der Waals surface area contributed by atoms with Crippen molar-refractivity contribution in [3.63, 3.8) is 0 Å². The molecule has 4 aromatic rings. The number of rotatable bonds is 24. The zero-order valence-corrected chi connectivity index (χ0v) is 36.3. The van der Waals surface area contributed by atoms with Crippen LogP contribution in [-0.2, 0) is 18.9 Å². The fourth-order valence-corrected chi connectivity index (χ4v) is 8.58. The van der Waals surface area contributed by atoms with E-state index in [2.05, 4.69) is 64.1 Å². The Labute approximate surface area is 356 Å². The van der Waals surface area contributed by atoms with Crippen LogP contribution in [-0.4, -0.2) is 50.3 Å². The first-order chi connectivity index (χ1) is 29.3. The van der Waals surface area contributed by atoms with Crippen LogP contribution in [0.1, 0.15) is 206 Å². The molecule has 7 rings (SSSR count). The van der Waals surface area contributed by atoms with Crippen molar-refractivity contribution < 1.29 is 38.1 Å². The minimum atomic E-state index is -0.516. The van der Waals surface area contributed by atoms with E-state index < -0.39 is 23.9 Å². The zero-order chi connectivity index (χ0) is 42.4. The minimum absolute atomic E-state index is 0.0720. The summed E-state index contributed by atoms with van der Waals surface area (Å²) in [5.41, 5.74) is 5.39. The van der Waals surface area contributed by atoms with E-state index in [-0.39, 0.29) is 34.1 Å². The number of carbonyl (C=O) groups excluding carboxylic acids is 4. The SMILES string of the molecule is CCCCCCOC(=O)c1cc2cc3c(cc2cc1C(=O)OCCCCCC)C1C=CC3c2cc3cc(C(=O)OCCCCCC)c(C(=O)OCCCCCC)cc3cc21. The second-order valence-corrected chi connectivity index (χ2v) is 16.6. The molecule has 2 bridgehead atoms. The average molecular weight is 817 g/mol. The van der Waals surface area contributed by atoms with E-state index in [0.717, 1.165) is 147 Å². The van der Waals surface area contributed by atoms with Crippen LogP contribution < -0.4 is 0 Å². The lowest BCUT2D eigenvalue weighted by molar-refractivity contribution is 0.0451. The Kier molecular flexibility index (Phi) is 16.4. The number of carbonyl (C=O) groups is 4. The molecular weight excluding hydrogens is 753 g/mol. The van der Waals surface area contributed by atoms with Crippen molar-refractivity contribution in [2.45, 2.75) is 142 Å². The highest BCUT2D eigenvalue weighted by molar-refractivity contribution is 6.09. The summed E-state index contributed by atoms with van der Waals surface area (Å²) in [4.78, 5) is 54.4. The summed E-state index contributed by atoms with van der Waals surface area (Å²) in [6.45, 7) is 9.75. The lowest BCUT2D eigenvalue weighted by Crippen LogP contribution is -2.21. The molecule has 3 aliphatic carbocycles. The average Bonchev–Trinajstić information content (AvgIpc) is 3.26. The van der Waals surface area contributed by atoms with E-state index in [9.17, 15) is 19.2 Å². The van der Waals surface area contributed by atoms with Gasteiger partial charge in [-0.25, -0.2) is 19.2 Å². The number of hydrogen-bond donors (Lipinski definition) is 0. The summed E-state index contributed by atoms with van der Waals surface area (Å²) in [5.74, 6) is -2.21. The van der Waals surface area contributed by atoms with E-state index in [1.165, 1.54) is 0 Å². The van der Waals surface area contributed by atoms with Crippen molar-refractivity contribution in [1.29, 1.82) is 0 Å². The Morgan fingerprint density at radius 3 is 0.800 bits per heavy atom. The van der Waals surface area contributed by atoms with Gasteiger partial charge in [-0.3, -0.25) is 0 Å². The summed E-state index contributed by atoms with van der Waals surface area (Å²) in [6, 6.07) is 15.7. The number of benzene rings is 4. The molecule has 3 aliphatic rings. The largest absolute Gasteiger partial charge is 0.462 e. The summed E-state index contributed by atoms with van der Waals surface area (Å²) in [7, 11) is 0. The van der Waals surface area contributed by atoms with E-state index in [1.54, 1.807) is 24.3 Å². The van der Waals surface area contributed by atoms with Crippen molar-refractivity contribution in [2.75, 3.05) is 26.4 Å². The van der Waals surface area contributed by atoms with Gasteiger partial charge in [-0.2, -0.15) is 0 Å². The van der Waals surface area contributed by atoms with Crippen LogP contribution in [0.2, 0.25) is 0 Å². The molecule has 0 spiro atoms. The second-order valence-electron chi connectivity index (χ2n) is 16.6. The fraction of sp³-hybridized carbons (Fsp3) is 0.500. The normalized spacial score (nSPS) is 14.9. The molecule has 320 valence electrons. The predicted octanol–water partition coefficient (Wildman–Crippen LogP) is 13.1. The lowest BCUT2D eigenvalue weighted by Gasteiger charge is -2.37. The molecule has 60 heavy (non-hydrogen) atoms. The molecule has 0 unspecified atom stereocenters. The summed E-state index contributed by atoms with van der Waals surface area (Å²) < 4.78 is 22.9. The van der Waals surface area contributed by atoms with Crippen LogP contribution in [0.25, 0.3) is 21.5 Å². The molecule has 8 nitrogen and oxygen atoms in total. The molecule has 0 N–H and O–H groups in total. The molecule has 0 amide bonds. The van der Waals surface area contributed by atoms with Gasteiger partial charge in [-0.1, -0.05) is 117 Å². The van der Waals surface area contributed by atoms with E-state index in [4.69, 9.17) is 18.9 Å². The van der Waals surface area contributed by atoms with Crippen LogP contribution in [0.4, 0.5) is 0 Å². The van der Waals surface area contributed by atoms with Gasteiger partial charge in [0.1, 0.15) is 0 Å². The van der Waals surface area contributed by atoms with Gasteiger partial charge >= 0.3 is 23.9 Å². The van der Waals surface area contributed by atoms with Gasteiger partial charge in [-0.05, 0) is 118 Å². The van der Waals surface area contributed by atoms with Crippen LogP contribution in [0.3, 0.4) is 0 Å². The number of hydrogen-bond acceptors (Lipinski definition) is 8. The van der Waals surface area contributed by atoms with Crippen molar-refractivity contribution in [3.8, 4) is 0 Å². The molecule has 0 saturated heterocycles. The van der Waals surface area contributed by atoms with Crippen molar-refractivity contribution in [1.82, 2.24) is 0 Å². The quantitative estimate of drug-likeness (QED) is 0.0298. The predicted molar refractivity (Wildman–Crippen MR) is 238 cm³/mol. The van der Waals surface area contributed by atoms with Crippen LogP contribution in [0.15, 0.2) is 60.7 Å². The highest BCUT2D eigenvalue weighted by Gasteiger charge is 2.35. The van der Waals surface area contributed by atoms with Crippen LogP contribution >= 0.6 is 0 Å². The second kappa shape index (κ2) is 22.0. The molecule has 0 aromatic heterocycles. The third-order valence-corrected chi connectivity index (χ3v) is 12.0. The van der Waals surface area contributed by atoms with Gasteiger partial charge in [0.15, 0.2) is 0 Å². The Balaban J connectivity index is 1.34. The molecule has 0 heterocycles. The van der Waals surface area contributed by atoms with Crippen LogP contribution in [0, 0.1) is 0 Å². The topological polar surface area (TPSA) is 105 Å². The van der Waals surface area contributed by atoms with Crippen molar-refractivity contribution in [2.24, 2.45) is 0 Å². The maximum Gasteiger partial charge on any atom is 0.339 e. The first kappa shape index (κ1) is 44.6. The summed E-state index contributed by atoms with van der Waals surface area (Å²) >= 11 is 0. The third-order valence-electron chi connectivity index (χ3n) is 12.0. The number of ether oxygens (including phenoxy) is 4. The van der Waals surface area contributed by atoms with E-state index >= 15 is 0 Å². The highest BCUT2D eigenvalue weighted by Crippen LogP contribution is 2.51. The highest BCUT2D eigenvalue weighted by atomic mass is 16.5. The maximum absolute atomic E-state index is 13.6. The van der Waals surface area contributed by atoms with Crippen molar-refractivity contribution in [3.05, 3.63) is 105 Å². The number of esters is 4. The van der Waals surface area contributed by atoms with Crippen molar-refractivity contribution >= 4 is 45.4 Å². The standard InChI is InChI=1S/C52H64O8/c1-5-9-13-17-23-57-49(53)45-31-35-27-41-39-21-22-40(42(41)28-36(35)32-46(45)50(54)58-24-18-14-10-6-2)44-30-38-34-48(52(56)60-26-20-16-12-8-4)47(33-37(38)29-43(39)44)51(55)59-25-19-15-11-7-3/h21-22,27-34,39-40H,5-20,23-26H2,1-4H3. The summed E-state index contributed by atoms with van der Waals surface area (Å²) in [6.07, 6.45) is 20.1. The van der Waals surface area contributed by atoms with Gasteiger partial charge in [0.05, 0.1) is 48.7 Å². The summed E-state index contributed by atoms with van der Waals surface area (Å²) in [5, 5.41) is 3.38.